The van der Waals surface area contributed by atoms with E-state index >= 15 is 0 Å². The first-order valence-electron chi connectivity index (χ1n) is 10.1. The lowest BCUT2D eigenvalue weighted by Crippen LogP contribution is -2.58. The molecule has 2 fully saturated rings. The van der Waals surface area contributed by atoms with Crippen LogP contribution in [0.4, 0.5) is 0 Å². The summed E-state index contributed by atoms with van der Waals surface area (Å²) < 4.78 is 11.4. The van der Waals surface area contributed by atoms with Gasteiger partial charge >= 0.3 is 0 Å². The Bertz CT molecular complexity index is 724. The second kappa shape index (κ2) is 5.64. The molecule has 1 aromatic carbocycles. The number of rotatable bonds is 2. The van der Waals surface area contributed by atoms with Crippen molar-refractivity contribution in [2.75, 3.05) is 14.2 Å². The van der Waals surface area contributed by atoms with Gasteiger partial charge in [0, 0.05) is 17.0 Å². The lowest BCUT2D eigenvalue weighted by atomic mass is 9.43. The molecule has 0 heterocycles. The molecule has 0 radical (unpaired) electrons. The van der Waals surface area contributed by atoms with Gasteiger partial charge in [0.05, 0.1) is 20.3 Å². The fourth-order valence-corrected chi connectivity index (χ4v) is 7.25. The molecule has 0 unspecified atom stereocenters. The smallest absolute Gasteiger partial charge is 0.126 e. The number of methoxy groups -OCH3 is 2. The van der Waals surface area contributed by atoms with Crippen molar-refractivity contribution in [3.8, 4) is 11.5 Å². The average molecular weight is 359 g/mol. The maximum Gasteiger partial charge on any atom is 0.126 e. The first kappa shape index (κ1) is 18.2. The summed E-state index contributed by atoms with van der Waals surface area (Å²) in [7, 11) is 3.51. The Morgan fingerprint density at radius 1 is 0.962 bits per heavy atom. The maximum absolute atomic E-state index is 10.7. The summed E-state index contributed by atoms with van der Waals surface area (Å²) >= 11 is 0. The lowest BCUT2D eigenvalue weighted by molar-refractivity contribution is -0.151. The first-order chi connectivity index (χ1) is 12.2. The topological polar surface area (TPSA) is 38.7 Å². The molecule has 2 saturated carbocycles. The van der Waals surface area contributed by atoms with Gasteiger partial charge in [-0.3, -0.25) is 0 Å². The van der Waals surface area contributed by atoms with Gasteiger partial charge in [-0.1, -0.05) is 27.7 Å². The Morgan fingerprint density at radius 3 is 2.35 bits per heavy atom. The predicted molar refractivity (Wildman–Crippen MR) is 104 cm³/mol. The molecule has 5 atom stereocenters. The van der Waals surface area contributed by atoms with Crippen LogP contribution >= 0.6 is 0 Å². The van der Waals surface area contributed by atoms with Gasteiger partial charge in [0.25, 0.3) is 0 Å². The molecule has 0 spiro atoms. The summed E-state index contributed by atoms with van der Waals surface area (Å²) in [4.78, 5) is 0. The third kappa shape index (κ3) is 2.16. The quantitative estimate of drug-likeness (QED) is 0.830. The van der Waals surface area contributed by atoms with Crippen LogP contribution in [-0.2, 0) is 11.8 Å². The fraction of sp³-hybridized carbons (Fsp3) is 0.739. The first-order valence-corrected chi connectivity index (χ1v) is 10.1. The van der Waals surface area contributed by atoms with Crippen LogP contribution in [-0.4, -0.2) is 25.4 Å². The van der Waals surface area contributed by atoms with Gasteiger partial charge in [-0.05, 0) is 66.4 Å². The van der Waals surface area contributed by atoms with Crippen molar-refractivity contribution < 1.29 is 14.6 Å². The van der Waals surface area contributed by atoms with E-state index in [0.29, 0.717) is 11.8 Å². The molecule has 0 aromatic heterocycles. The van der Waals surface area contributed by atoms with Crippen molar-refractivity contribution in [1.82, 2.24) is 0 Å². The van der Waals surface area contributed by atoms with Crippen LogP contribution in [0.1, 0.15) is 64.5 Å². The van der Waals surface area contributed by atoms with E-state index in [9.17, 15) is 5.11 Å². The highest BCUT2D eigenvalue weighted by atomic mass is 16.5. The number of fused-ring (bicyclic) bond motifs is 5. The van der Waals surface area contributed by atoms with Crippen LogP contribution in [0.15, 0.2) is 12.1 Å². The molecule has 0 amide bonds. The van der Waals surface area contributed by atoms with Crippen molar-refractivity contribution in [1.29, 1.82) is 0 Å². The van der Waals surface area contributed by atoms with Crippen LogP contribution in [0, 0.1) is 22.7 Å². The summed E-state index contributed by atoms with van der Waals surface area (Å²) in [5.41, 5.74) is 3.21. The Labute approximate surface area is 158 Å². The van der Waals surface area contributed by atoms with E-state index < -0.39 is 0 Å². The van der Waals surface area contributed by atoms with E-state index in [2.05, 4.69) is 39.8 Å². The van der Waals surface area contributed by atoms with Crippen molar-refractivity contribution in [2.24, 2.45) is 22.7 Å². The molecular weight excluding hydrogens is 324 g/mol. The zero-order chi connectivity index (χ0) is 18.9. The average Bonchev–Trinajstić information content (AvgIpc) is 2.92. The van der Waals surface area contributed by atoms with E-state index in [1.165, 1.54) is 24.0 Å². The van der Waals surface area contributed by atoms with E-state index in [1.54, 1.807) is 14.2 Å². The van der Waals surface area contributed by atoms with Gasteiger partial charge in [0.15, 0.2) is 0 Å². The summed E-state index contributed by atoms with van der Waals surface area (Å²) in [6.07, 6.45) is 5.31. The Morgan fingerprint density at radius 2 is 1.69 bits per heavy atom. The van der Waals surface area contributed by atoms with Gasteiger partial charge in [-0.25, -0.2) is 0 Å². The van der Waals surface area contributed by atoms with Crippen LogP contribution in [0.3, 0.4) is 0 Å². The van der Waals surface area contributed by atoms with Gasteiger partial charge in [-0.2, -0.15) is 0 Å². The standard InChI is InChI=1S/C23H34O3/c1-21(2)17-7-9-23(4)18(22(17,3)10-8-19(21)24)12-14-11-15(25-5)13-16(26-6)20(14)23/h11,13,17-19,24H,7-10,12H2,1-6H3/t17-,18+,19-,22-,23+/m1/s1. The van der Waals surface area contributed by atoms with Gasteiger partial charge in [0.1, 0.15) is 11.5 Å². The number of hydrogen-bond donors (Lipinski definition) is 1. The fourth-order valence-electron chi connectivity index (χ4n) is 7.25. The number of ether oxygens (including phenoxy) is 2. The van der Waals surface area contributed by atoms with Crippen molar-refractivity contribution in [3.05, 3.63) is 23.3 Å². The third-order valence-corrected chi connectivity index (χ3v) is 8.64. The predicted octanol–water partition coefficient (Wildman–Crippen LogP) is 4.73. The minimum absolute atomic E-state index is 0.00905. The maximum atomic E-state index is 10.7. The minimum Gasteiger partial charge on any atom is -0.497 e. The summed E-state index contributed by atoms with van der Waals surface area (Å²) in [6, 6.07) is 4.28. The normalized spacial score (nSPS) is 40.3. The molecule has 1 aromatic rings. The van der Waals surface area contributed by atoms with Gasteiger partial charge in [0.2, 0.25) is 0 Å². The SMILES string of the molecule is COc1cc2c(c(OC)c1)[C@@]1(C)CC[C@@H]3C(C)(C)[C@H](O)CC[C@@]3(C)[C@@H]1C2. The van der Waals surface area contributed by atoms with E-state index in [1.807, 2.05) is 0 Å². The van der Waals surface area contributed by atoms with Gasteiger partial charge < -0.3 is 14.6 Å². The highest BCUT2D eigenvalue weighted by Gasteiger charge is 2.63. The molecule has 26 heavy (non-hydrogen) atoms. The molecule has 0 aliphatic heterocycles. The number of aliphatic hydroxyl groups is 1. The van der Waals surface area contributed by atoms with Crippen LogP contribution < -0.4 is 9.47 Å². The lowest BCUT2D eigenvalue weighted by Gasteiger charge is -2.62. The van der Waals surface area contributed by atoms with E-state index in [-0.39, 0.29) is 22.3 Å². The monoisotopic (exact) mass is 358 g/mol. The second-order valence-corrected chi connectivity index (χ2v) is 10.0. The third-order valence-electron chi connectivity index (χ3n) is 8.64. The molecule has 3 aliphatic rings. The van der Waals surface area contributed by atoms with Gasteiger partial charge in [-0.15, -0.1) is 0 Å². The Kier molecular flexibility index (Phi) is 3.94. The number of hydrogen-bond acceptors (Lipinski definition) is 3. The summed E-state index contributed by atoms with van der Waals surface area (Å²) in [6.45, 7) is 9.53. The number of benzene rings is 1. The Hall–Kier alpha value is -1.22. The molecule has 3 aliphatic carbocycles. The van der Waals surface area contributed by atoms with Crippen molar-refractivity contribution in [2.45, 2.75) is 71.3 Å². The molecule has 3 heteroatoms. The van der Waals surface area contributed by atoms with Crippen LogP contribution in [0.5, 0.6) is 11.5 Å². The second-order valence-electron chi connectivity index (χ2n) is 10.0. The zero-order valence-electron chi connectivity index (χ0n) is 17.2. The highest BCUT2D eigenvalue weighted by molar-refractivity contribution is 5.55. The summed E-state index contributed by atoms with van der Waals surface area (Å²) in [5, 5.41) is 10.7. The molecule has 4 rings (SSSR count). The highest BCUT2D eigenvalue weighted by Crippen LogP contribution is 2.68. The van der Waals surface area contributed by atoms with Crippen LogP contribution in [0.25, 0.3) is 0 Å². The molecule has 1 N–H and O–H groups in total. The van der Waals surface area contributed by atoms with Crippen molar-refractivity contribution >= 4 is 0 Å². The zero-order valence-corrected chi connectivity index (χ0v) is 17.2. The van der Waals surface area contributed by atoms with Crippen LogP contribution in [0.2, 0.25) is 0 Å². The van der Waals surface area contributed by atoms with Crippen molar-refractivity contribution in [3.63, 3.8) is 0 Å². The molecule has 0 saturated heterocycles. The molecular formula is C23H34O3. The van der Waals surface area contributed by atoms with E-state index in [0.717, 1.165) is 30.8 Å². The molecule has 0 bridgehead atoms. The molecule has 3 nitrogen and oxygen atoms in total. The Balaban J connectivity index is 1.82. The minimum atomic E-state index is -0.177. The molecule has 144 valence electrons. The number of aliphatic hydroxyl groups excluding tert-OH is 1. The largest absolute Gasteiger partial charge is 0.497 e. The van der Waals surface area contributed by atoms with E-state index in [4.69, 9.17) is 9.47 Å². The summed E-state index contributed by atoms with van der Waals surface area (Å²) in [5.74, 6) is 3.04.